The van der Waals surface area contributed by atoms with Crippen molar-refractivity contribution in [3.8, 4) is 0 Å². The first-order valence-electron chi connectivity index (χ1n) is 6.48. The minimum Gasteiger partial charge on any atom is -0.206 e. The topological polar surface area (TPSA) is 0 Å². The monoisotopic (exact) mass is 244 g/mol. The standard InChI is InChI=1S/C15H15F.C2H6/c1-4-12-14(16)9-8-11-6-5-7-13(10(2)3)15(11)12;1-2/h4-10H,1H2,2-3H3;1-2H3. The van der Waals surface area contributed by atoms with Crippen molar-refractivity contribution in [2.75, 3.05) is 0 Å². The molecule has 0 aliphatic carbocycles. The molecule has 2 aromatic carbocycles. The van der Waals surface area contributed by atoms with Crippen molar-refractivity contribution in [2.24, 2.45) is 0 Å². The lowest BCUT2D eigenvalue weighted by molar-refractivity contribution is 0.627. The van der Waals surface area contributed by atoms with Crippen molar-refractivity contribution in [3.05, 3.63) is 53.9 Å². The Morgan fingerprint density at radius 3 is 2.33 bits per heavy atom. The number of rotatable bonds is 2. The molecular formula is C17H21F. The summed E-state index contributed by atoms with van der Waals surface area (Å²) in [6, 6.07) is 9.41. The van der Waals surface area contributed by atoms with E-state index in [1.807, 2.05) is 32.0 Å². The van der Waals surface area contributed by atoms with Gasteiger partial charge in [0.05, 0.1) is 0 Å². The number of hydrogen-bond acceptors (Lipinski definition) is 0. The van der Waals surface area contributed by atoms with Gasteiger partial charge in [-0.15, -0.1) is 0 Å². The lowest BCUT2D eigenvalue weighted by atomic mass is 9.92. The van der Waals surface area contributed by atoms with Crippen molar-refractivity contribution >= 4 is 16.8 Å². The van der Waals surface area contributed by atoms with Gasteiger partial charge in [0.1, 0.15) is 5.82 Å². The van der Waals surface area contributed by atoms with Crippen LogP contribution in [0.2, 0.25) is 0 Å². The van der Waals surface area contributed by atoms with Crippen molar-refractivity contribution in [3.63, 3.8) is 0 Å². The number of halogens is 1. The van der Waals surface area contributed by atoms with E-state index in [4.69, 9.17) is 0 Å². The van der Waals surface area contributed by atoms with Gasteiger partial charge in [0, 0.05) is 5.56 Å². The van der Waals surface area contributed by atoms with Gasteiger partial charge in [-0.3, -0.25) is 0 Å². The maximum atomic E-state index is 13.7. The van der Waals surface area contributed by atoms with E-state index in [-0.39, 0.29) is 5.82 Å². The van der Waals surface area contributed by atoms with Gasteiger partial charge in [0.2, 0.25) is 0 Å². The fraction of sp³-hybridized carbons (Fsp3) is 0.294. The Bertz CT molecular complexity index is 539. The van der Waals surface area contributed by atoms with Crippen LogP contribution in [-0.4, -0.2) is 0 Å². The van der Waals surface area contributed by atoms with Gasteiger partial charge in [-0.25, -0.2) is 4.39 Å². The Morgan fingerprint density at radius 1 is 1.11 bits per heavy atom. The van der Waals surface area contributed by atoms with Gasteiger partial charge in [-0.2, -0.15) is 0 Å². The maximum Gasteiger partial charge on any atom is 0.131 e. The first-order chi connectivity index (χ1) is 8.65. The second-order valence-electron chi connectivity index (χ2n) is 4.27. The molecule has 2 rings (SSSR count). The molecule has 0 nitrogen and oxygen atoms in total. The van der Waals surface area contributed by atoms with Crippen LogP contribution in [0.3, 0.4) is 0 Å². The van der Waals surface area contributed by atoms with Crippen molar-refractivity contribution in [1.82, 2.24) is 0 Å². The molecule has 0 heterocycles. The van der Waals surface area contributed by atoms with E-state index in [2.05, 4.69) is 26.5 Å². The SMILES string of the molecule is C=Cc1c(F)ccc2cccc(C(C)C)c12.CC. The quantitative estimate of drug-likeness (QED) is 0.629. The molecule has 96 valence electrons. The highest BCUT2D eigenvalue weighted by Crippen LogP contribution is 2.30. The zero-order valence-corrected chi connectivity index (χ0v) is 11.6. The average molecular weight is 244 g/mol. The van der Waals surface area contributed by atoms with Crippen LogP contribution in [0, 0.1) is 5.82 Å². The molecule has 0 aliphatic rings. The molecule has 0 bridgehead atoms. The van der Waals surface area contributed by atoms with E-state index in [1.54, 1.807) is 6.08 Å². The third kappa shape index (κ3) is 2.61. The second-order valence-corrected chi connectivity index (χ2v) is 4.27. The molecule has 18 heavy (non-hydrogen) atoms. The Balaban J connectivity index is 0.000000771. The summed E-state index contributed by atoms with van der Waals surface area (Å²) in [6.07, 6.45) is 1.60. The molecule has 0 unspecified atom stereocenters. The summed E-state index contributed by atoms with van der Waals surface area (Å²) >= 11 is 0. The van der Waals surface area contributed by atoms with E-state index in [0.717, 1.165) is 10.8 Å². The van der Waals surface area contributed by atoms with Crippen molar-refractivity contribution in [1.29, 1.82) is 0 Å². The third-order valence-corrected chi connectivity index (χ3v) is 2.89. The van der Waals surface area contributed by atoms with Gasteiger partial charge < -0.3 is 0 Å². The Hall–Kier alpha value is -1.63. The van der Waals surface area contributed by atoms with E-state index in [9.17, 15) is 4.39 Å². The predicted octanol–water partition coefficient (Wildman–Crippen LogP) is 5.77. The lowest BCUT2D eigenvalue weighted by Crippen LogP contribution is -1.93. The first-order valence-corrected chi connectivity index (χ1v) is 6.48. The maximum absolute atomic E-state index is 13.7. The van der Waals surface area contributed by atoms with Gasteiger partial charge in [-0.05, 0) is 28.3 Å². The summed E-state index contributed by atoms with van der Waals surface area (Å²) in [5.41, 5.74) is 1.79. The fourth-order valence-electron chi connectivity index (χ4n) is 2.09. The molecule has 0 atom stereocenters. The van der Waals surface area contributed by atoms with Crippen molar-refractivity contribution < 1.29 is 4.39 Å². The number of hydrogen-bond donors (Lipinski definition) is 0. The Kier molecular flexibility index (Phi) is 5.08. The minimum atomic E-state index is -0.199. The average Bonchev–Trinajstić information content (AvgIpc) is 2.40. The summed E-state index contributed by atoms with van der Waals surface area (Å²) in [6.45, 7) is 11.9. The highest BCUT2D eigenvalue weighted by atomic mass is 19.1. The smallest absolute Gasteiger partial charge is 0.131 e. The summed E-state index contributed by atoms with van der Waals surface area (Å²) in [5.74, 6) is 0.180. The van der Waals surface area contributed by atoms with Crippen LogP contribution in [0.15, 0.2) is 36.9 Å². The van der Waals surface area contributed by atoms with E-state index in [1.165, 1.54) is 11.6 Å². The summed E-state index contributed by atoms with van der Waals surface area (Å²) < 4.78 is 13.7. The van der Waals surface area contributed by atoms with Crippen LogP contribution in [0.5, 0.6) is 0 Å². The molecule has 0 radical (unpaired) electrons. The molecule has 0 amide bonds. The molecular weight excluding hydrogens is 223 g/mol. The van der Waals surface area contributed by atoms with E-state index >= 15 is 0 Å². The van der Waals surface area contributed by atoms with Crippen LogP contribution in [0.4, 0.5) is 4.39 Å². The van der Waals surface area contributed by atoms with Gasteiger partial charge in [0.25, 0.3) is 0 Å². The van der Waals surface area contributed by atoms with Crippen molar-refractivity contribution in [2.45, 2.75) is 33.6 Å². The third-order valence-electron chi connectivity index (χ3n) is 2.89. The van der Waals surface area contributed by atoms with Crippen LogP contribution >= 0.6 is 0 Å². The molecule has 0 spiro atoms. The molecule has 1 heteroatoms. The molecule has 0 fully saturated rings. The fourth-order valence-corrected chi connectivity index (χ4v) is 2.09. The minimum absolute atomic E-state index is 0.199. The van der Waals surface area contributed by atoms with Crippen LogP contribution in [0.25, 0.3) is 16.8 Å². The summed E-state index contributed by atoms with van der Waals surface area (Å²) in [7, 11) is 0. The largest absolute Gasteiger partial charge is 0.206 e. The molecule has 0 saturated carbocycles. The van der Waals surface area contributed by atoms with Gasteiger partial charge in [0.15, 0.2) is 0 Å². The second kappa shape index (κ2) is 6.34. The molecule has 0 aromatic heterocycles. The van der Waals surface area contributed by atoms with Gasteiger partial charge in [-0.1, -0.05) is 64.6 Å². The Labute approximate surface area is 109 Å². The normalized spacial score (nSPS) is 10.1. The summed E-state index contributed by atoms with van der Waals surface area (Å²) in [4.78, 5) is 0. The lowest BCUT2D eigenvalue weighted by Gasteiger charge is -2.12. The van der Waals surface area contributed by atoms with Crippen LogP contribution < -0.4 is 0 Å². The highest BCUT2D eigenvalue weighted by Gasteiger charge is 2.10. The van der Waals surface area contributed by atoms with E-state index in [0.29, 0.717) is 11.5 Å². The van der Waals surface area contributed by atoms with Crippen LogP contribution in [-0.2, 0) is 0 Å². The number of fused-ring (bicyclic) bond motifs is 1. The Morgan fingerprint density at radius 2 is 1.78 bits per heavy atom. The first kappa shape index (κ1) is 14.4. The highest BCUT2D eigenvalue weighted by molar-refractivity contribution is 5.93. The zero-order chi connectivity index (χ0) is 13.7. The van der Waals surface area contributed by atoms with E-state index < -0.39 is 0 Å². The molecule has 0 saturated heterocycles. The molecule has 2 aromatic rings. The summed E-state index contributed by atoms with van der Waals surface area (Å²) in [5, 5.41) is 2.06. The van der Waals surface area contributed by atoms with Gasteiger partial charge >= 0.3 is 0 Å². The molecule has 0 aliphatic heterocycles. The number of benzene rings is 2. The molecule has 0 N–H and O–H groups in total. The van der Waals surface area contributed by atoms with Crippen LogP contribution in [0.1, 0.15) is 44.7 Å². The predicted molar refractivity (Wildman–Crippen MR) is 79.4 cm³/mol. The zero-order valence-electron chi connectivity index (χ0n) is 11.6.